The summed E-state index contributed by atoms with van der Waals surface area (Å²) in [6.07, 6.45) is 2.19. The topological polar surface area (TPSA) is 29.5 Å². The van der Waals surface area contributed by atoms with Crippen molar-refractivity contribution in [3.8, 4) is 0 Å². The SMILES string of the molecule is COC1CCN(C(=O)c2ccc(C)c(C)c2)CC1. The molecule has 1 fully saturated rings. The molecule has 0 N–H and O–H groups in total. The largest absolute Gasteiger partial charge is 0.381 e. The zero-order valence-corrected chi connectivity index (χ0v) is 11.4. The van der Waals surface area contributed by atoms with Gasteiger partial charge in [-0.3, -0.25) is 4.79 Å². The van der Waals surface area contributed by atoms with Crippen molar-refractivity contribution in [3.63, 3.8) is 0 Å². The molecule has 1 aromatic rings. The predicted molar refractivity (Wildman–Crippen MR) is 71.9 cm³/mol. The van der Waals surface area contributed by atoms with Crippen LogP contribution in [0.15, 0.2) is 18.2 Å². The highest BCUT2D eigenvalue weighted by Gasteiger charge is 2.23. The lowest BCUT2D eigenvalue weighted by Crippen LogP contribution is -2.40. The van der Waals surface area contributed by atoms with Crippen molar-refractivity contribution in [3.05, 3.63) is 34.9 Å². The number of ether oxygens (including phenoxy) is 1. The van der Waals surface area contributed by atoms with Crippen LogP contribution in [0.5, 0.6) is 0 Å². The number of hydrogen-bond acceptors (Lipinski definition) is 2. The van der Waals surface area contributed by atoms with Gasteiger partial charge in [0.2, 0.25) is 0 Å². The van der Waals surface area contributed by atoms with Crippen LogP contribution in [-0.4, -0.2) is 37.1 Å². The third-order valence-corrected chi connectivity index (χ3v) is 3.82. The fourth-order valence-corrected chi connectivity index (χ4v) is 2.35. The molecule has 0 bridgehead atoms. The highest BCUT2D eigenvalue weighted by molar-refractivity contribution is 5.94. The first-order chi connectivity index (χ1) is 8.61. The van der Waals surface area contributed by atoms with Crippen molar-refractivity contribution in [2.75, 3.05) is 20.2 Å². The fraction of sp³-hybridized carbons (Fsp3) is 0.533. The third-order valence-electron chi connectivity index (χ3n) is 3.82. The Hall–Kier alpha value is -1.35. The van der Waals surface area contributed by atoms with Gasteiger partial charge < -0.3 is 9.64 Å². The molecule has 0 radical (unpaired) electrons. The molecular formula is C15H21NO2. The monoisotopic (exact) mass is 247 g/mol. The van der Waals surface area contributed by atoms with Crippen LogP contribution in [-0.2, 0) is 4.74 Å². The molecule has 0 atom stereocenters. The van der Waals surface area contributed by atoms with E-state index in [2.05, 4.69) is 6.92 Å². The molecule has 1 amide bonds. The number of hydrogen-bond donors (Lipinski definition) is 0. The van der Waals surface area contributed by atoms with E-state index >= 15 is 0 Å². The van der Waals surface area contributed by atoms with Crippen LogP contribution in [0.4, 0.5) is 0 Å². The maximum absolute atomic E-state index is 12.3. The second kappa shape index (κ2) is 5.53. The van der Waals surface area contributed by atoms with Crippen LogP contribution in [0.2, 0.25) is 0 Å². The normalized spacial score (nSPS) is 16.9. The van der Waals surface area contributed by atoms with E-state index in [-0.39, 0.29) is 5.91 Å². The molecule has 2 rings (SSSR count). The van der Waals surface area contributed by atoms with Gasteiger partial charge in [0, 0.05) is 25.8 Å². The molecule has 98 valence electrons. The van der Waals surface area contributed by atoms with Crippen molar-refractivity contribution < 1.29 is 9.53 Å². The molecule has 1 saturated heterocycles. The van der Waals surface area contributed by atoms with E-state index in [1.54, 1.807) is 7.11 Å². The summed E-state index contributed by atoms with van der Waals surface area (Å²) in [6, 6.07) is 5.93. The van der Waals surface area contributed by atoms with Gasteiger partial charge in [-0.1, -0.05) is 6.07 Å². The second-order valence-corrected chi connectivity index (χ2v) is 5.03. The predicted octanol–water partition coefficient (Wildman–Crippen LogP) is 2.55. The average Bonchev–Trinajstić information content (AvgIpc) is 2.41. The molecule has 1 aromatic carbocycles. The van der Waals surface area contributed by atoms with Gasteiger partial charge >= 0.3 is 0 Å². The zero-order chi connectivity index (χ0) is 13.1. The van der Waals surface area contributed by atoms with Gasteiger partial charge in [0.05, 0.1) is 6.10 Å². The van der Waals surface area contributed by atoms with Gasteiger partial charge in [-0.2, -0.15) is 0 Å². The third kappa shape index (κ3) is 2.72. The summed E-state index contributed by atoms with van der Waals surface area (Å²) in [7, 11) is 1.74. The molecule has 1 aliphatic rings. The number of carbonyl (C=O) groups excluding carboxylic acids is 1. The minimum absolute atomic E-state index is 0.146. The first kappa shape index (κ1) is 13.1. The summed E-state index contributed by atoms with van der Waals surface area (Å²) >= 11 is 0. The molecule has 0 unspecified atom stereocenters. The van der Waals surface area contributed by atoms with Gasteiger partial charge in [-0.05, 0) is 49.9 Å². The van der Waals surface area contributed by atoms with Crippen molar-refractivity contribution in [1.29, 1.82) is 0 Å². The van der Waals surface area contributed by atoms with E-state index in [4.69, 9.17) is 4.74 Å². The number of methoxy groups -OCH3 is 1. The Labute approximate surface area is 109 Å². The Morgan fingerprint density at radius 1 is 1.22 bits per heavy atom. The van der Waals surface area contributed by atoms with E-state index in [0.717, 1.165) is 31.5 Å². The molecule has 1 heterocycles. The molecule has 3 nitrogen and oxygen atoms in total. The lowest BCUT2D eigenvalue weighted by molar-refractivity contribution is 0.0351. The quantitative estimate of drug-likeness (QED) is 0.804. The number of benzene rings is 1. The minimum atomic E-state index is 0.146. The Kier molecular flexibility index (Phi) is 4.02. The van der Waals surface area contributed by atoms with E-state index in [0.29, 0.717) is 6.10 Å². The average molecular weight is 247 g/mol. The molecule has 0 aliphatic carbocycles. The van der Waals surface area contributed by atoms with Crippen LogP contribution in [0.1, 0.15) is 34.3 Å². The number of nitrogens with zero attached hydrogens (tertiary/aromatic N) is 1. The summed E-state index contributed by atoms with van der Waals surface area (Å²) in [5.41, 5.74) is 3.20. The molecule has 1 aliphatic heterocycles. The van der Waals surface area contributed by atoms with Crippen molar-refractivity contribution in [2.24, 2.45) is 0 Å². The number of rotatable bonds is 2. The summed E-state index contributed by atoms with van der Waals surface area (Å²) in [6.45, 7) is 5.70. The van der Waals surface area contributed by atoms with Gasteiger partial charge in [-0.25, -0.2) is 0 Å². The number of aryl methyl sites for hydroxylation is 2. The summed E-state index contributed by atoms with van der Waals surface area (Å²) in [5, 5.41) is 0. The fourth-order valence-electron chi connectivity index (χ4n) is 2.35. The minimum Gasteiger partial charge on any atom is -0.381 e. The van der Waals surface area contributed by atoms with Crippen LogP contribution in [0, 0.1) is 13.8 Å². The Balaban J connectivity index is 2.05. The second-order valence-electron chi connectivity index (χ2n) is 5.03. The van der Waals surface area contributed by atoms with Crippen LogP contribution in [0.3, 0.4) is 0 Å². The number of amides is 1. The number of piperidine rings is 1. The number of likely N-dealkylation sites (tertiary alicyclic amines) is 1. The van der Waals surface area contributed by atoms with Crippen molar-refractivity contribution in [2.45, 2.75) is 32.8 Å². The number of carbonyl (C=O) groups is 1. The lowest BCUT2D eigenvalue weighted by atomic mass is 10.0. The summed E-state index contributed by atoms with van der Waals surface area (Å²) in [4.78, 5) is 14.3. The van der Waals surface area contributed by atoms with Gasteiger partial charge in [0.15, 0.2) is 0 Å². The van der Waals surface area contributed by atoms with E-state index in [9.17, 15) is 4.79 Å². The molecular weight excluding hydrogens is 226 g/mol. The van der Waals surface area contributed by atoms with E-state index in [1.165, 1.54) is 11.1 Å². The Morgan fingerprint density at radius 3 is 2.44 bits per heavy atom. The smallest absolute Gasteiger partial charge is 0.253 e. The standard InChI is InChI=1S/C15H21NO2/c1-11-4-5-13(10-12(11)2)15(17)16-8-6-14(18-3)7-9-16/h4-5,10,14H,6-9H2,1-3H3. The zero-order valence-electron chi connectivity index (χ0n) is 11.4. The molecule has 3 heteroatoms. The lowest BCUT2D eigenvalue weighted by Gasteiger charge is -2.31. The Morgan fingerprint density at radius 2 is 1.89 bits per heavy atom. The maximum Gasteiger partial charge on any atom is 0.253 e. The van der Waals surface area contributed by atoms with Crippen molar-refractivity contribution in [1.82, 2.24) is 4.90 Å². The first-order valence-electron chi connectivity index (χ1n) is 6.51. The van der Waals surface area contributed by atoms with Gasteiger partial charge in [0.1, 0.15) is 0 Å². The van der Waals surface area contributed by atoms with E-state index in [1.807, 2.05) is 30.0 Å². The summed E-state index contributed by atoms with van der Waals surface area (Å²) < 4.78 is 5.32. The van der Waals surface area contributed by atoms with Crippen LogP contribution < -0.4 is 0 Å². The van der Waals surface area contributed by atoms with Crippen LogP contribution >= 0.6 is 0 Å². The van der Waals surface area contributed by atoms with Crippen molar-refractivity contribution >= 4 is 5.91 Å². The van der Waals surface area contributed by atoms with Gasteiger partial charge in [0.25, 0.3) is 5.91 Å². The Bertz CT molecular complexity index is 434. The highest BCUT2D eigenvalue weighted by atomic mass is 16.5. The molecule has 0 spiro atoms. The first-order valence-corrected chi connectivity index (χ1v) is 6.51. The molecule has 0 saturated carbocycles. The van der Waals surface area contributed by atoms with Crippen LogP contribution in [0.25, 0.3) is 0 Å². The van der Waals surface area contributed by atoms with E-state index < -0.39 is 0 Å². The maximum atomic E-state index is 12.3. The summed E-state index contributed by atoms with van der Waals surface area (Å²) in [5.74, 6) is 0.146. The highest BCUT2D eigenvalue weighted by Crippen LogP contribution is 2.17. The van der Waals surface area contributed by atoms with Gasteiger partial charge in [-0.15, -0.1) is 0 Å². The molecule has 18 heavy (non-hydrogen) atoms. The molecule has 0 aromatic heterocycles.